The molecule has 0 spiro atoms. The van der Waals surface area contributed by atoms with Crippen molar-refractivity contribution in [1.82, 2.24) is 116 Å². The first-order valence-electron chi connectivity index (χ1n) is 36.8. The Kier molecular flexibility index (Phi) is 39.5. The molecule has 52 heteroatoms. The van der Waals surface area contributed by atoms with Crippen LogP contribution in [0.3, 0.4) is 0 Å². The number of nitrogens with zero attached hydrogens (tertiary/aromatic N) is 24. The molecule has 1 aromatic carbocycles. The van der Waals surface area contributed by atoms with Crippen LogP contribution in [0.5, 0.6) is 0 Å². The summed E-state index contributed by atoms with van der Waals surface area (Å²) >= 11 is 0. The largest absolute Gasteiger partial charge is 3.00 e. The summed E-state index contributed by atoms with van der Waals surface area (Å²) in [6.07, 6.45) is -16.6. The van der Waals surface area contributed by atoms with Gasteiger partial charge in [-0.15, -0.1) is 12.1 Å². The number of rotatable bonds is 9. The Bertz CT molecular complexity index is 5710. The molecule has 24 nitrogen and oxygen atoms in total. The monoisotopic (exact) mass is 2460 g/mol. The number of aromatic nitrogens is 24. The van der Waals surface area contributed by atoms with Crippen LogP contribution in [0.1, 0.15) is 39.9 Å². The summed E-state index contributed by atoms with van der Waals surface area (Å²) in [5, 5.41) is 45.3. The summed E-state index contributed by atoms with van der Waals surface area (Å²) in [5.74, 6) is -2.63. The third-order valence-electron chi connectivity index (χ3n) is 16.0. The maximum absolute atomic E-state index is 13.5. The van der Waals surface area contributed by atoms with Gasteiger partial charge in [0.15, 0.2) is 5.69 Å². The minimum atomic E-state index is -4.46. The van der Waals surface area contributed by atoms with Gasteiger partial charge in [-0.1, -0.05) is 112 Å². The van der Waals surface area contributed by atoms with Crippen molar-refractivity contribution < 1.29 is 175 Å². The van der Waals surface area contributed by atoms with Crippen molar-refractivity contribution in [3.05, 3.63) is 363 Å². The van der Waals surface area contributed by atoms with E-state index in [2.05, 4.69) is 129 Å². The maximum atomic E-state index is 13.5. The SMILES string of the molecule is FC(F)(F)c1cc(-c2ccccn2)[n-]n1.FC(F)(F)c1cc(-c2ccccn2)[n-]n1.FC(F)(F)c1cc(-c2ccccn2)[n-]n1.FC(F)(F)c1cc(-c2ccccn2)[n-]n1.FC(F)(F)c1cc(-c2ccccn2)[n-]n1.FC(F)(F)c1cc(-c2ccccn2)[n-]n1.FC(F)(F)c1cc(-c2ccccn2)[n-]n1.Fc1c[c-]c(-c2ccccn2)c(F)c1.[CH2-][n+]1cc(F)cc(F)c1-c1ccccn1.[Ir+3].[Ir+3].[Ir+3]. The van der Waals surface area contributed by atoms with Crippen LogP contribution in [0.25, 0.3) is 102 Å². The first-order chi connectivity index (χ1) is 63.5. The van der Waals surface area contributed by atoms with Gasteiger partial charge in [0, 0.05) is 114 Å². The number of pyridine rings is 10. The van der Waals surface area contributed by atoms with Crippen molar-refractivity contribution in [2.75, 3.05) is 0 Å². The summed E-state index contributed by atoms with van der Waals surface area (Å²) in [6, 6.07) is 56.0. The van der Waals surface area contributed by atoms with E-state index in [1.54, 1.807) is 170 Å². The van der Waals surface area contributed by atoms with Crippen LogP contribution in [0.2, 0.25) is 0 Å². The van der Waals surface area contributed by atoms with E-state index in [-0.39, 0.29) is 111 Å². The third kappa shape index (κ3) is 33.4. The van der Waals surface area contributed by atoms with E-state index in [0.717, 1.165) is 71.4 Å². The molecule has 0 atom stereocenters. The minimum absolute atomic E-state index is 0. The Hall–Kier alpha value is -14.7. The van der Waals surface area contributed by atoms with E-state index in [4.69, 9.17) is 0 Å². The molecular weight excluding hydrogens is 2410 g/mol. The van der Waals surface area contributed by atoms with Gasteiger partial charge in [-0.05, 0) is 157 Å². The topological polar surface area (TPSA) is 309 Å². The summed E-state index contributed by atoms with van der Waals surface area (Å²) in [5.41, 5.74) is -2.24. The van der Waals surface area contributed by atoms with Gasteiger partial charge in [-0.25, -0.2) is 8.78 Å². The van der Waals surface area contributed by atoms with Gasteiger partial charge in [-0.2, -0.15) is 92.2 Å². The zero-order valence-corrected chi connectivity index (χ0v) is 74.7. The summed E-state index contributed by atoms with van der Waals surface area (Å²) in [6.45, 7) is 0. The Labute approximate surface area is 794 Å². The second-order valence-corrected chi connectivity index (χ2v) is 25.6. The van der Waals surface area contributed by atoms with Crippen molar-refractivity contribution in [3.63, 3.8) is 0 Å². The fraction of sp³-hybridized carbons (Fsp3) is 0.0824. The van der Waals surface area contributed by atoms with E-state index in [1.807, 2.05) is 0 Å². The van der Waals surface area contributed by atoms with Crippen molar-refractivity contribution in [2.24, 2.45) is 0 Å². The number of alkyl halides is 21. The van der Waals surface area contributed by atoms with Gasteiger partial charge in [0.25, 0.3) is 0 Å². The van der Waals surface area contributed by atoms with Gasteiger partial charge in [0.2, 0.25) is 0 Å². The van der Waals surface area contributed by atoms with E-state index < -0.39 is 106 Å². The molecule has 0 amide bonds. The minimum Gasteiger partial charge on any atom is -0.573 e. The molecule has 0 unspecified atom stereocenters. The fourth-order valence-corrected chi connectivity index (χ4v) is 10.0. The predicted octanol–water partition coefficient (Wildman–Crippen LogP) is 19.6. The molecule has 0 radical (unpaired) electrons. The Morgan fingerprint density at radius 1 is 0.234 bits per heavy atom. The summed E-state index contributed by atoms with van der Waals surface area (Å²) < 4.78 is 309. The van der Waals surface area contributed by atoms with Crippen LogP contribution < -0.4 is 40.3 Å². The maximum Gasteiger partial charge on any atom is 3.00 e. The second kappa shape index (κ2) is 49.5. The fourth-order valence-electron chi connectivity index (χ4n) is 10.0. The first-order valence-corrected chi connectivity index (χ1v) is 36.8. The Balaban J connectivity index is 0.000000209. The molecule has 0 N–H and O–H groups in total. The quantitative estimate of drug-likeness (QED) is 0.0736. The van der Waals surface area contributed by atoms with E-state index >= 15 is 0 Å². The van der Waals surface area contributed by atoms with Crippen molar-refractivity contribution >= 4 is 0 Å². The van der Waals surface area contributed by atoms with Crippen LogP contribution in [-0.4, -0.2) is 80.5 Å². The average molecular weight is 2460 g/mol. The molecule has 18 aromatic rings. The Morgan fingerprint density at radius 2 is 0.416 bits per heavy atom. The molecule has 137 heavy (non-hydrogen) atoms. The van der Waals surface area contributed by atoms with Crippen LogP contribution in [0, 0.1) is 36.4 Å². The first kappa shape index (κ1) is 109. The number of halogens is 25. The van der Waals surface area contributed by atoms with Crippen LogP contribution in [0.4, 0.5) is 110 Å². The third-order valence-corrected chi connectivity index (χ3v) is 16.0. The molecule has 0 saturated carbocycles. The molecule has 18 rings (SSSR count). The van der Waals surface area contributed by atoms with Crippen molar-refractivity contribution in [3.8, 4) is 102 Å². The molecule has 0 aliphatic carbocycles. The van der Waals surface area contributed by atoms with Crippen LogP contribution in [0.15, 0.2) is 286 Å². The number of benzene rings is 1. The molecule has 17 aromatic heterocycles. The molecular formula is C85H49F25Ir3N24+. The van der Waals surface area contributed by atoms with E-state index in [0.29, 0.717) is 51.2 Å². The summed E-state index contributed by atoms with van der Waals surface area (Å²) in [7, 11) is 3.52. The molecule has 0 aliphatic rings. The molecule has 0 fully saturated rings. The molecule has 710 valence electrons. The van der Waals surface area contributed by atoms with Gasteiger partial charge in [0.05, 0.1) is 5.69 Å². The smallest absolute Gasteiger partial charge is 0.573 e. The van der Waals surface area contributed by atoms with Gasteiger partial charge >= 0.3 is 104 Å². The molecule has 0 aliphatic heterocycles. The normalized spacial score (nSPS) is 11.1. The van der Waals surface area contributed by atoms with Crippen molar-refractivity contribution in [1.29, 1.82) is 0 Å². The standard InChI is InChI=1S/C11H8F2N2.C11H6F2N.7C9H5F3N3.3Ir/c1-15-7-8(12)6-9(13)11(15)10-4-2-3-5-14-10;12-8-4-5-9(10(13)7-8)11-3-1-2-6-14-11;7*10-9(11,12)8-5-7(14-15-8)6-3-1-2-4-13-6;;;/h2-7H,1H2;1-4,6-7H;7*1-5H;;;/q;8*-1;3*+3. The van der Waals surface area contributed by atoms with E-state index in [1.165, 1.54) is 49.6 Å². The van der Waals surface area contributed by atoms with Crippen LogP contribution in [-0.2, 0) is 104 Å². The average Bonchev–Trinajstić information content (AvgIpc) is 1.29. The number of hydrogen-bond donors (Lipinski definition) is 0. The van der Waals surface area contributed by atoms with Gasteiger partial charge < -0.3 is 80.9 Å². The van der Waals surface area contributed by atoms with Crippen LogP contribution >= 0.6 is 0 Å². The van der Waals surface area contributed by atoms with Crippen molar-refractivity contribution in [2.45, 2.75) is 43.2 Å². The zero-order valence-electron chi connectivity index (χ0n) is 67.5. The zero-order chi connectivity index (χ0) is 97.0. The molecule has 0 saturated heterocycles. The van der Waals surface area contributed by atoms with Gasteiger partial charge in [-0.3, -0.25) is 48.7 Å². The molecule has 17 heterocycles. The van der Waals surface area contributed by atoms with E-state index in [9.17, 15) is 110 Å². The van der Waals surface area contributed by atoms with Gasteiger partial charge in [0.1, 0.15) is 57.7 Å². The molecule has 0 bridgehead atoms. The Morgan fingerprint density at radius 3 is 0.577 bits per heavy atom. The number of hydrogen-bond acceptors (Lipinski definition) is 16. The second-order valence-electron chi connectivity index (χ2n) is 25.6. The summed E-state index contributed by atoms with van der Waals surface area (Å²) in [4.78, 5) is 35.0. The predicted molar refractivity (Wildman–Crippen MR) is 419 cm³/mol.